The van der Waals surface area contributed by atoms with E-state index in [1.807, 2.05) is 25.1 Å². The molecule has 0 bridgehead atoms. The quantitative estimate of drug-likeness (QED) is 0.220. The molecule has 0 unspecified atom stereocenters. The Morgan fingerprint density at radius 3 is 2.65 bits per heavy atom. The number of benzene rings is 2. The van der Waals surface area contributed by atoms with Crippen LogP contribution in [0.15, 0.2) is 35.3 Å². The molecule has 0 aliphatic carbocycles. The molecule has 1 aliphatic rings. The van der Waals surface area contributed by atoms with E-state index in [-0.39, 0.29) is 24.0 Å². The monoisotopic (exact) mass is 561 g/mol. The number of methoxy groups -OCH3 is 1. The summed E-state index contributed by atoms with van der Waals surface area (Å²) in [7, 11) is 3.39. The summed E-state index contributed by atoms with van der Waals surface area (Å²) in [5.74, 6) is 2.79. The highest BCUT2D eigenvalue weighted by Crippen LogP contribution is 2.38. The summed E-state index contributed by atoms with van der Waals surface area (Å²) in [4.78, 5) is 4.30. The number of aryl methyl sites for hydroxylation is 1. The highest BCUT2D eigenvalue weighted by Gasteiger charge is 2.16. The number of halogens is 2. The minimum atomic E-state index is 0. The average Bonchev–Trinajstić information content (AvgIpc) is 2.75. The van der Waals surface area contributed by atoms with Gasteiger partial charge in [0.15, 0.2) is 17.5 Å². The van der Waals surface area contributed by atoms with Crippen molar-refractivity contribution in [3.05, 3.63) is 52.0 Å². The molecule has 7 nitrogen and oxygen atoms in total. The maximum absolute atomic E-state index is 6.32. The van der Waals surface area contributed by atoms with Crippen LogP contribution < -0.4 is 24.8 Å². The van der Waals surface area contributed by atoms with Gasteiger partial charge in [0.05, 0.1) is 11.6 Å². The second kappa shape index (κ2) is 12.8. The molecule has 31 heavy (non-hydrogen) atoms. The van der Waals surface area contributed by atoms with Crippen LogP contribution in [0.4, 0.5) is 0 Å². The van der Waals surface area contributed by atoms with E-state index in [1.165, 1.54) is 0 Å². The number of nitrogens with one attached hydrogen (secondary N) is 2. The molecule has 2 aromatic carbocycles. The number of fused-ring (bicyclic) bond motifs is 1. The van der Waals surface area contributed by atoms with Crippen molar-refractivity contribution >= 4 is 41.5 Å². The van der Waals surface area contributed by atoms with E-state index in [9.17, 15) is 0 Å². The third-order valence-electron chi connectivity index (χ3n) is 4.55. The van der Waals surface area contributed by atoms with E-state index < -0.39 is 0 Å². The fourth-order valence-electron chi connectivity index (χ4n) is 3.03. The first-order valence-electron chi connectivity index (χ1n) is 9.84. The van der Waals surface area contributed by atoms with E-state index in [0.29, 0.717) is 62.0 Å². The van der Waals surface area contributed by atoms with Crippen molar-refractivity contribution in [2.45, 2.75) is 20.0 Å². The van der Waals surface area contributed by atoms with Crippen LogP contribution in [0.2, 0.25) is 5.02 Å². The van der Waals surface area contributed by atoms with Gasteiger partial charge in [-0.1, -0.05) is 23.7 Å². The van der Waals surface area contributed by atoms with Gasteiger partial charge in [-0.25, -0.2) is 0 Å². The zero-order valence-electron chi connectivity index (χ0n) is 18.0. The van der Waals surface area contributed by atoms with Crippen molar-refractivity contribution in [3.63, 3.8) is 0 Å². The van der Waals surface area contributed by atoms with Gasteiger partial charge in [0, 0.05) is 32.8 Å². The molecule has 170 valence electrons. The third kappa shape index (κ3) is 7.33. The number of rotatable bonds is 8. The molecular formula is C22H29ClIN3O4. The summed E-state index contributed by atoms with van der Waals surface area (Å²) in [6.45, 7) is 5.24. The van der Waals surface area contributed by atoms with Crippen molar-refractivity contribution in [3.8, 4) is 17.2 Å². The summed E-state index contributed by atoms with van der Waals surface area (Å²) in [5.41, 5.74) is 3.16. The molecular weight excluding hydrogens is 533 g/mol. The van der Waals surface area contributed by atoms with Crippen molar-refractivity contribution in [2.24, 2.45) is 4.99 Å². The van der Waals surface area contributed by atoms with E-state index in [0.717, 1.165) is 22.4 Å². The lowest BCUT2D eigenvalue weighted by Gasteiger charge is -2.20. The topological polar surface area (TPSA) is 73.3 Å². The number of hydrogen-bond acceptors (Lipinski definition) is 5. The zero-order valence-corrected chi connectivity index (χ0v) is 21.1. The minimum absolute atomic E-state index is 0. The molecule has 0 saturated carbocycles. The number of ether oxygens (including phenoxy) is 4. The van der Waals surface area contributed by atoms with E-state index in [1.54, 1.807) is 14.2 Å². The molecule has 0 aromatic heterocycles. The molecule has 0 fully saturated rings. The maximum Gasteiger partial charge on any atom is 0.191 e. The summed E-state index contributed by atoms with van der Waals surface area (Å²) in [6, 6.07) is 9.95. The predicted octanol–water partition coefficient (Wildman–Crippen LogP) is 3.93. The summed E-state index contributed by atoms with van der Waals surface area (Å²) in [5, 5.41) is 7.16. The summed E-state index contributed by atoms with van der Waals surface area (Å²) >= 11 is 6.32. The van der Waals surface area contributed by atoms with Gasteiger partial charge in [-0.2, -0.15) is 0 Å². The second-order valence-corrected chi connectivity index (χ2v) is 7.24. The average molecular weight is 562 g/mol. The van der Waals surface area contributed by atoms with Crippen LogP contribution in [0.3, 0.4) is 0 Å². The van der Waals surface area contributed by atoms with E-state index >= 15 is 0 Å². The Kier molecular flexibility index (Phi) is 10.5. The Labute approximate surface area is 205 Å². The number of nitrogens with zero attached hydrogens (tertiary/aromatic N) is 1. The lowest BCUT2D eigenvalue weighted by atomic mass is 10.1. The fraction of sp³-hybridized carbons (Fsp3) is 0.409. The Bertz CT molecular complexity index is 895. The Morgan fingerprint density at radius 2 is 1.87 bits per heavy atom. The first-order chi connectivity index (χ1) is 14.6. The van der Waals surface area contributed by atoms with Crippen molar-refractivity contribution in [1.29, 1.82) is 0 Å². The molecule has 0 amide bonds. The fourth-order valence-corrected chi connectivity index (χ4v) is 3.32. The van der Waals surface area contributed by atoms with E-state index in [4.69, 9.17) is 30.5 Å². The third-order valence-corrected chi connectivity index (χ3v) is 4.83. The predicted molar refractivity (Wildman–Crippen MR) is 133 cm³/mol. The number of hydrogen-bond donors (Lipinski definition) is 2. The first kappa shape index (κ1) is 25.4. The molecule has 1 aliphatic heterocycles. The number of guanidine groups is 1. The molecule has 9 heteroatoms. The van der Waals surface area contributed by atoms with Gasteiger partial charge in [-0.05, 0) is 36.2 Å². The summed E-state index contributed by atoms with van der Waals surface area (Å²) < 4.78 is 22.1. The molecule has 0 spiro atoms. The van der Waals surface area contributed by atoms with Crippen molar-refractivity contribution in [1.82, 2.24) is 10.6 Å². The lowest BCUT2D eigenvalue weighted by molar-refractivity contribution is 0.145. The van der Waals surface area contributed by atoms with Crippen molar-refractivity contribution < 1.29 is 18.9 Å². The smallest absolute Gasteiger partial charge is 0.191 e. The van der Waals surface area contributed by atoms with Crippen LogP contribution in [0, 0.1) is 6.92 Å². The summed E-state index contributed by atoms with van der Waals surface area (Å²) in [6.07, 6.45) is 0. The van der Waals surface area contributed by atoms with Crippen molar-refractivity contribution in [2.75, 3.05) is 40.6 Å². The maximum atomic E-state index is 6.32. The van der Waals surface area contributed by atoms with Gasteiger partial charge in [-0.3, -0.25) is 4.99 Å². The minimum Gasteiger partial charge on any atom is -0.491 e. The Hall–Kier alpha value is -1.91. The molecule has 0 saturated heterocycles. The largest absolute Gasteiger partial charge is 0.491 e. The highest BCUT2D eigenvalue weighted by atomic mass is 127. The molecule has 0 radical (unpaired) electrons. The van der Waals surface area contributed by atoms with Gasteiger partial charge in [-0.15, -0.1) is 24.0 Å². The molecule has 2 N–H and O–H groups in total. The van der Waals surface area contributed by atoms with Crippen LogP contribution in [-0.4, -0.2) is 46.5 Å². The second-order valence-electron chi connectivity index (χ2n) is 6.83. The standard InChI is InChI=1S/C22H28ClN3O4.HI/c1-15-4-5-17(19(10-15)28-7-6-27-3)14-26-22(24-2)25-13-16-11-18(23)21-20(12-16)29-8-9-30-21;/h4-5,10-12H,6-9,13-14H2,1-3H3,(H2,24,25,26);1H. The van der Waals surface area contributed by atoms with Crippen LogP contribution in [0.25, 0.3) is 0 Å². The van der Waals surface area contributed by atoms with Crippen LogP contribution in [0.5, 0.6) is 17.2 Å². The highest BCUT2D eigenvalue weighted by molar-refractivity contribution is 14.0. The van der Waals surface area contributed by atoms with Crippen LogP contribution in [0.1, 0.15) is 16.7 Å². The lowest BCUT2D eigenvalue weighted by Crippen LogP contribution is -2.36. The molecule has 1 heterocycles. The zero-order chi connectivity index (χ0) is 21.3. The first-order valence-corrected chi connectivity index (χ1v) is 10.2. The van der Waals surface area contributed by atoms with Gasteiger partial charge in [0.25, 0.3) is 0 Å². The van der Waals surface area contributed by atoms with Gasteiger partial charge < -0.3 is 29.6 Å². The van der Waals surface area contributed by atoms with Crippen LogP contribution in [-0.2, 0) is 17.8 Å². The normalized spacial score (nSPS) is 12.7. The SMILES string of the molecule is CN=C(NCc1cc(Cl)c2c(c1)OCCO2)NCc1ccc(C)cc1OCCOC.I. The van der Waals surface area contributed by atoms with Gasteiger partial charge in [0.2, 0.25) is 0 Å². The Balaban J connectivity index is 0.00000341. The number of aliphatic imine (C=N–C) groups is 1. The van der Waals surface area contributed by atoms with E-state index in [2.05, 4.69) is 27.8 Å². The van der Waals surface area contributed by atoms with Gasteiger partial charge in [0.1, 0.15) is 25.6 Å². The molecule has 2 aromatic rings. The van der Waals surface area contributed by atoms with Crippen LogP contribution >= 0.6 is 35.6 Å². The molecule has 3 rings (SSSR count). The van der Waals surface area contributed by atoms with Gasteiger partial charge >= 0.3 is 0 Å². The molecule has 0 atom stereocenters. The Morgan fingerprint density at radius 1 is 1.10 bits per heavy atom.